The van der Waals surface area contributed by atoms with Crippen molar-refractivity contribution in [2.75, 3.05) is 7.11 Å². The second-order valence-corrected chi connectivity index (χ2v) is 4.10. The summed E-state index contributed by atoms with van der Waals surface area (Å²) in [5.41, 5.74) is 2.37. The van der Waals surface area contributed by atoms with Gasteiger partial charge in [0.25, 0.3) is 0 Å². The van der Waals surface area contributed by atoms with Crippen molar-refractivity contribution in [2.24, 2.45) is 0 Å². The Labute approximate surface area is 109 Å². The number of fused-ring (bicyclic) bond motifs is 1. The minimum atomic E-state index is 0.393. The Kier molecular flexibility index (Phi) is 2.64. The number of nitrogens with one attached hydrogen (secondary N) is 1. The molecule has 3 heterocycles. The summed E-state index contributed by atoms with van der Waals surface area (Å²) in [6.45, 7) is 0. The fourth-order valence-electron chi connectivity index (χ4n) is 1.79. The van der Waals surface area contributed by atoms with E-state index >= 15 is 0 Å². The molecule has 4 nitrogen and oxygen atoms in total. The molecule has 89 valence electrons. The maximum Gasteiger partial charge on any atom is 0.224 e. The van der Waals surface area contributed by atoms with E-state index in [9.17, 15) is 0 Å². The van der Waals surface area contributed by atoms with Crippen molar-refractivity contribution in [3.05, 3.63) is 41.7 Å². The number of pyridine rings is 2. The highest BCUT2D eigenvalue weighted by atomic mass is 35.5. The summed E-state index contributed by atoms with van der Waals surface area (Å²) in [6.07, 6.45) is 1.73. The van der Waals surface area contributed by atoms with E-state index in [2.05, 4.69) is 21.0 Å². The van der Waals surface area contributed by atoms with Gasteiger partial charge in [-0.25, -0.2) is 9.97 Å². The maximum absolute atomic E-state index is 5.84. The van der Waals surface area contributed by atoms with Crippen LogP contribution in [0, 0.1) is 6.07 Å². The number of hydrogen-bond donors (Lipinski definition) is 1. The molecule has 0 fully saturated rings. The summed E-state index contributed by atoms with van der Waals surface area (Å²) in [6, 6.07) is 10.6. The van der Waals surface area contributed by atoms with E-state index in [1.807, 2.05) is 18.2 Å². The van der Waals surface area contributed by atoms with Crippen LogP contribution in [0.1, 0.15) is 0 Å². The third-order valence-electron chi connectivity index (χ3n) is 2.60. The van der Waals surface area contributed by atoms with E-state index in [1.54, 1.807) is 19.4 Å². The quantitative estimate of drug-likeness (QED) is 0.719. The molecule has 5 heteroatoms. The Bertz CT molecular complexity index is 675. The molecule has 0 aromatic carbocycles. The van der Waals surface area contributed by atoms with Gasteiger partial charge in [0.2, 0.25) is 5.88 Å². The van der Waals surface area contributed by atoms with Crippen molar-refractivity contribution in [1.29, 1.82) is 0 Å². The van der Waals surface area contributed by atoms with E-state index in [4.69, 9.17) is 16.3 Å². The van der Waals surface area contributed by atoms with Gasteiger partial charge in [-0.1, -0.05) is 11.6 Å². The van der Waals surface area contributed by atoms with Crippen molar-refractivity contribution in [3.8, 4) is 17.1 Å². The average Bonchev–Trinajstić information content (AvgIpc) is 2.82. The first-order valence-electron chi connectivity index (χ1n) is 5.35. The lowest BCUT2D eigenvalue weighted by Gasteiger charge is -2.05. The number of hydrogen-bond acceptors (Lipinski definition) is 3. The van der Waals surface area contributed by atoms with Crippen LogP contribution in [-0.4, -0.2) is 22.1 Å². The molecule has 0 bridgehead atoms. The third-order valence-corrected chi connectivity index (χ3v) is 2.81. The van der Waals surface area contributed by atoms with Crippen molar-refractivity contribution in [2.45, 2.75) is 0 Å². The van der Waals surface area contributed by atoms with Crippen LogP contribution in [0.2, 0.25) is 5.15 Å². The SMILES string of the molecule is COc1nc(Cl)ccc1-c1[c]c2cccnc2[nH]1. The van der Waals surface area contributed by atoms with Gasteiger partial charge in [0.15, 0.2) is 0 Å². The number of ether oxygens (including phenoxy) is 1. The second-order valence-electron chi connectivity index (χ2n) is 3.72. The number of nitrogens with zero attached hydrogens (tertiary/aromatic N) is 2. The van der Waals surface area contributed by atoms with Crippen molar-refractivity contribution >= 4 is 22.6 Å². The first kappa shape index (κ1) is 11.0. The predicted octanol–water partition coefficient (Wildman–Crippen LogP) is 3.09. The molecule has 1 N–H and O–H groups in total. The van der Waals surface area contributed by atoms with E-state index < -0.39 is 0 Å². The number of aromatic amines is 1. The molecule has 0 amide bonds. The van der Waals surface area contributed by atoms with Crippen molar-refractivity contribution < 1.29 is 4.74 Å². The lowest BCUT2D eigenvalue weighted by Crippen LogP contribution is -1.92. The van der Waals surface area contributed by atoms with Gasteiger partial charge in [-0.3, -0.25) is 0 Å². The zero-order valence-electron chi connectivity index (χ0n) is 9.57. The summed E-state index contributed by atoms with van der Waals surface area (Å²) in [5.74, 6) is 0.463. The highest BCUT2D eigenvalue weighted by Gasteiger charge is 2.11. The van der Waals surface area contributed by atoms with E-state index in [0.717, 1.165) is 22.3 Å². The van der Waals surface area contributed by atoms with Crippen LogP contribution < -0.4 is 4.74 Å². The average molecular weight is 259 g/mol. The molecule has 0 aliphatic heterocycles. The van der Waals surface area contributed by atoms with E-state index in [1.165, 1.54) is 0 Å². The minimum Gasteiger partial charge on any atom is -0.480 e. The number of H-pyrrole nitrogens is 1. The molecule has 3 aromatic rings. The lowest BCUT2D eigenvalue weighted by atomic mass is 10.2. The molecule has 0 aliphatic rings. The maximum atomic E-state index is 5.84. The first-order chi connectivity index (χ1) is 8.78. The summed E-state index contributed by atoms with van der Waals surface area (Å²) in [7, 11) is 1.56. The van der Waals surface area contributed by atoms with Gasteiger partial charge in [0.1, 0.15) is 10.8 Å². The Balaban J connectivity index is 2.19. The topological polar surface area (TPSA) is 50.8 Å². The molecule has 3 aromatic heterocycles. The van der Waals surface area contributed by atoms with Crippen LogP contribution >= 0.6 is 11.6 Å². The van der Waals surface area contributed by atoms with Crippen LogP contribution in [0.25, 0.3) is 22.3 Å². The summed E-state index contributed by atoms with van der Waals surface area (Å²) in [5, 5.41) is 1.31. The molecule has 0 atom stereocenters. The highest BCUT2D eigenvalue weighted by molar-refractivity contribution is 6.29. The summed E-state index contributed by atoms with van der Waals surface area (Å²) in [4.78, 5) is 11.5. The minimum absolute atomic E-state index is 0.393. The standard InChI is InChI=1S/C13H9ClN3O/c1-18-13-9(4-5-11(14)17-13)10-7-8-3-2-6-15-12(8)16-10/h2-6H,1H3,(H,15,16). The Hall–Kier alpha value is -2.07. The number of aromatic nitrogens is 3. The van der Waals surface area contributed by atoms with Gasteiger partial charge in [-0.2, -0.15) is 0 Å². The fraction of sp³-hybridized carbons (Fsp3) is 0.0769. The normalized spacial score (nSPS) is 10.8. The van der Waals surface area contributed by atoms with Gasteiger partial charge >= 0.3 is 0 Å². The fourth-order valence-corrected chi connectivity index (χ4v) is 1.93. The molecule has 0 aliphatic carbocycles. The van der Waals surface area contributed by atoms with Gasteiger partial charge in [-0.05, 0) is 24.3 Å². The molecule has 0 saturated carbocycles. The Morgan fingerprint density at radius 3 is 3.00 bits per heavy atom. The number of methoxy groups -OCH3 is 1. The zero-order valence-corrected chi connectivity index (χ0v) is 10.3. The van der Waals surface area contributed by atoms with Crippen LogP contribution in [0.4, 0.5) is 0 Å². The van der Waals surface area contributed by atoms with Crippen molar-refractivity contribution in [3.63, 3.8) is 0 Å². The van der Waals surface area contributed by atoms with E-state index in [-0.39, 0.29) is 0 Å². The summed E-state index contributed by atoms with van der Waals surface area (Å²) < 4.78 is 5.22. The van der Waals surface area contributed by atoms with Crippen LogP contribution in [0.5, 0.6) is 5.88 Å². The molecule has 0 saturated heterocycles. The van der Waals surface area contributed by atoms with Gasteiger partial charge in [0.05, 0.1) is 18.4 Å². The molecular weight excluding hydrogens is 250 g/mol. The zero-order chi connectivity index (χ0) is 12.5. The second kappa shape index (κ2) is 4.31. The highest BCUT2D eigenvalue weighted by Crippen LogP contribution is 2.30. The van der Waals surface area contributed by atoms with Gasteiger partial charge < -0.3 is 9.72 Å². The number of rotatable bonds is 2. The Morgan fingerprint density at radius 2 is 2.22 bits per heavy atom. The van der Waals surface area contributed by atoms with Gasteiger partial charge in [0, 0.05) is 17.6 Å². The molecular formula is C13H9ClN3O. The van der Waals surface area contributed by atoms with Crippen LogP contribution in [0.3, 0.4) is 0 Å². The predicted molar refractivity (Wildman–Crippen MR) is 69.7 cm³/mol. The molecule has 3 rings (SSSR count). The molecule has 18 heavy (non-hydrogen) atoms. The van der Waals surface area contributed by atoms with E-state index in [0.29, 0.717) is 11.0 Å². The smallest absolute Gasteiger partial charge is 0.224 e. The number of halogens is 1. The monoisotopic (exact) mass is 258 g/mol. The molecule has 1 radical (unpaired) electrons. The van der Waals surface area contributed by atoms with Gasteiger partial charge in [-0.15, -0.1) is 0 Å². The first-order valence-corrected chi connectivity index (χ1v) is 5.72. The Morgan fingerprint density at radius 1 is 1.33 bits per heavy atom. The molecule has 0 unspecified atom stereocenters. The third kappa shape index (κ3) is 1.80. The molecule has 0 spiro atoms. The summed E-state index contributed by atoms with van der Waals surface area (Å²) >= 11 is 5.84. The van der Waals surface area contributed by atoms with Crippen LogP contribution in [0.15, 0.2) is 30.5 Å². The largest absolute Gasteiger partial charge is 0.480 e. The van der Waals surface area contributed by atoms with Crippen molar-refractivity contribution in [1.82, 2.24) is 15.0 Å². The van der Waals surface area contributed by atoms with Crippen LogP contribution in [-0.2, 0) is 0 Å². The lowest BCUT2D eigenvalue weighted by molar-refractivity contribution is 0.399.